The van der Waals surface area contributed by atoms with Gasteiger partial charge in [-0.05, 0) is 0 Å². The van der Waals surface area contributed by atoms with Gasteiger partial charge in [-0.15, -0.1) is 0 Å². The first-order chi connectivity index (χ1) is 2.00. The molecule has 0 fully saturated rings. The van der Waals surface area contributed by atoms with Crippen LogP contribution >= 0.6 is 0 Å². The van der Waals surface area contributed by atoms with Crippen LogP contribution in [0.5, 0.6) is 0 Å². The maximum Gasteiger partial charge on any atom is 0.0675 e. The van der Waals surface area contributed by atoms with Gasteiger partial charge in [0.15, 0.2) is 0 Å². The summed E-state index contributed by atoms with van der Waals surface area (Å²) in [6, 6.07) is 0. The summed E-state index contributed by atoms with van der Waals surface area (Å²) in [6.07, 6.45) is 0. The molecule has 0 aromatic heterocycles. The Bertz CT molecular complexity index is 27.2. The molecule has 7 heavy (non-hydrogen) atoms. The van der Waals surface area contributed by atoms with E-state index in [0.29, 0.717) is 0 Å². The van der Waals surface area contributed by atoms with E-state index in [9.17, 15) is 0 Å². The molecule has 0 aliphatic heterocycles. The average molecular weight is 206 g/mol. The molecule has 0 spiro atoms. The van der Waals surface area contributed by atoms with Crippen LogP contribution in [0.15, 0.2) is 0 Å². The van der Waals surface area contributed by atoms with Gasteiger partial charge >= 0.3 is 0 Å². The summed E-state index contributed by atoms with van der Waals surface area (Å²) in [5.41, 5.74) is 0. The van der Waals surface area contributed by atoms with Crippen LogP contribution in [0.2, 0.25) is 0 Å². The van der Waals surface area contributed by atoms with E-state index < -0.39 is 0 Å². The Kier molecular flexibility index (Phi) is 11.5. The van der Waals surface area contributed by atoms with Crippen molar-refractivity contribution >= 4 is 0 Å². The van der Waals surface area contributed by atoms with Crippen LogP contribution in [-0.2, 0) is 17.4 Å². The standard InChI is InChI=1S/C4H12N.BrH.Cr/c1-5(2,3)4;;/h1-4H3;1H;/q+1;;/p-1. The van der Waals surface area contributed by atoms with Crippen molar-refractivity contribution < 1.29 is 38.8 Å². The van der Waals surface area contributed by atoms with Crippen molar-refractivity contribution in [3.63, 3.8) is 0 Å². The summed E-state index contributed by atoms with van der Waals surface area (Å²) in [7, 11) is 8.50. The van der Waals surface area contributed by atoms with E-state index in [1.165, 1.54) is 0 Å². The Morgan fingerprint density at radius 2 is 0.857 bits per heavy atom. The molecule has 0 unspecified atom stereocenters. The van der Waals surface area contributed by atoms with Gasteiger partial charge in [0, 0.05) is 17.4 Å². The van der Waals surface area contributed by atoms with E-state index in [1.54, 1.807) is 0 Å². The predicted molar refractivity (Wildman–Crippen MR) is 24.0 cm³/mol. The molecule has 0 aromatic rings. The van der Waals surface area contributed by atoms with Gasteiger partial charge in [0.25, 0.3) is 0 Å². The van der Waals surface area contributed by atoms with Crippen LogP contribution < -0.4 is 17.0 Å². The fourth-order valence-corrected chi connectivity index (χ4v) is 0. The van der Waals surface area contributed by atoms with Crippen molar-refractivity contribution in [1.82, 2.24) is 0 Å². The van der Waals surface area contributed by atoms with Crippen LogP contribution in [0, 0.1) is 0 Å². The SMILES string of the molecule is C[N+](C)(C)C.[Br-].[Cr]. The fraction of sp³-hybridized carbons (Fsp3) is 1.00. The molecular formula is C4H12BrCrN. The first-order valence-corrected chi connectivity index (χ1v) is 1.79. The van der Waals surface area contributed by atoms with Crippen LogP contribution in [0.25, 0.3) is 0 Å². The topological polar surface area (TPSA) is 0 Å². The molecule has 0 saturated heterocycles. The van der Waals surface area contributed by atoms with E-state index in [2.05, 4.69) is 28.2 Å². The number of hydrogen-bond acceptors (Lipinski definition) is 0. The second kappa shape index (κ2) is 5.12. The number of rotatable bonds is 0. The predicted octanol–water partition coefficient (Wildman–Crippen LogP) is -2.68. The first kappa shape index (κ1) is 15.7. The molecule has 46 valence electrons. The minimum absolute atomic E-state index is 0. The molecule has 3 heteroatoms. The minimum atomic E-state index is 0. The van der Waals surface area contributed by atoms with Crippen molar-refractivity contribution in [1.29, 1.82) is 0 Å². The van der Waals surface area contributed by atoms with Crippen molar-refractivity contribution in [3.05, 3.63) is 0 Å². The van der Waals surface area contributed by atoms with Crippen LogP contribution in [-0.4, -0.2) is 32.7 Å². The largest absolute Gasteiger partial charge is 1.00 e. The number of nitrogens with zero attached hydrogens (tertiary/aromatic N) is 1. The molecular weight excluding hydrogens is 194 g/mol. The van der Waals surface area contributed by atoms with Crippen LogP contribution in [0.1, 0.15) is 0 Å². The summed E-state index contributed by atoms with van der Waals surface area (Å²) in [5, 5.41) is 0. The molecule has 0 aliphatic carbocycles. The molecule has 0 atom stereocenters. The van der Waals surface area contributed by atoms with Gasteiger partial charge in [0.1, 0.15) is 0 Å². The van der Waals surface area contributed by atoms with Crippen LogP contribution in [0.3, 0.4) is 0 Å². The Labute approximate surface area is 67.2 Å². The molecule has 0 rings (SSSR count). The van der Waals surface area contributed by atoms with Gasteiger partial charge in [-0.1, -0.05) is 0 Å². The zero-order valence-electron chi connectivity index (χ0n) is 5.23. The van der Waals surface area contributed by atoms with E-state index in [1.807, 2.05) is 0 Å². The van der Waals surface area contributed by atoms with Gasteiger partial charge in [0.05, 0.1) is 28.2 Å². The molecule has 0 heterocycles. The molecule has 0 N–H and O–H groups in total. The third-order valence-electron chi connectivity index (χ3n) is 0. The monoisotopic (exact) mass is 205 g/mol. The molecule has 1 nitrogen and oxygen atoms in total. The molecule has 0 aliphatic rings. The second-order valence-corrected chi connectivity index (χ2v) is 2.68. The summed E-state index contributed by atoms with van der Waals surface area (Å²) >= 11 is 0. The van der Waals surface area contributed by atoms with Gasteiger partial charge < -0.3 is 21.5 Å². The number of quaternary nitrogens is 1. The smallest absolute Gasteiger partial charge is 0.0675 e. The van der Waals surface area contributed by atoms with Crippen molar-refractivity contribution in [2.24, 2.45) is 0 Å². The number of hydrogen-bond donors (Lipinski definition) is 0. The Morgan fingerprint density at radius 3 is 0.857 bits per heavy atom. The Morgan fingerprint density at radius 1 is 0.857 bits per heavy atom. The third-order valence-corrected chi connectivity index (χ3v) is 0. The Hall–Kier alpha value is 0.972. The third kappa shape index (κ3) is 182. The van der Waals surface area contributed by atoms with Crippen molar-refractivity contribution in [2.75, 3.05) is 28.2 Å². The first-order valence-electron chi connectivity index (χ1n) is 1.79. The van der Waals surface area contributed by atoms with E-state index in [-0.39, 0.29) is 34.3 Å². The normalized spacial score (nSPS) is 8.57. The fourth-order valence-electron chi connectivity index (χ4n) is 0. The quantitative estimate of drug-likeness (QED) is 0.379. The second-order valence-electron chi connectivity index (χ2n) is 2.68. The van der Waals surface area contributed by atoms with Gasteiger partial charge in [-0.2, -0.15) is 0 Å². The summed E-state index contributed by atoms with van der Waals surface area (Å²) in [6.45, 7) is 0. The maximum atomic E-state index is 2.12. The summed E-state index contributed by atoms with van der Waals surface area (Å²) in [5.74, 6) is 0. The molecule has 0 saturated carbocycles. The van der Waals surface area contributed by atoms with Crippen molar-refractivity contribution in [3.8, 4) is 0 Å². The average Bonchev–Trinajstić information content (AvgIpc) is 0.722. The molecule has 0 aromatic carbocycles. The zero-order valence-corrected chi connectivity index (χ0v) is 8.09. The summed E-state index contributed by atoms with van der Waals surface area (Å²) < 4.78 is 1.00. The van der Waals surface area contributed by atoms with Gasteiger partial charge in [-0.25, -0.2) is 0 Å². The maximum absolute atomic E-state index is 2.12. The minimum Gasteiger partial charge on any atom is -1.00 e. The number of halogens is 1. The van der Waals surface area contributed by atoms with E-state index >= 15 is 0 Å². The molecule has 0 amide bonds. The van der Waals surface area contributed by atoms with Gasteiger partial charge in [-0.3, -0.25) is 0 Å². The van der Waals surface area contributed by atoms with E-state index in [4.69, 9.17) is 0 Å². The van der Waals surface area contributed by atoms with E-state index in [0.717, 1.165) is 4.48 Å². The zero-order chi connectivity index (χ0) is 4.50. The molecule has 0 bridgehead atoms. The Balaban J connectivity index is -0.0000000800. The van der Waals surface area contributed by atoms with Crippen molar-refractivity contribution in [2.45, 2.75) is 0 Å². The molecule has 0 radical (unpaired) electrons. The van der Waals surface area contributed by atoms with Gasteiger partial charge in [0.2, 0.25) is 0 Å². The summed E-state index contributed by atoms with van der Waals surface area (Å²) in [4.78, 5) is 0. The van der Waals surface area contributed by atoms with Crippen LogP contribution in [0.4, 0.5) is 0 Å².